The number of hydrogen-bond donors (Lipinski definition) is 2. The predicted octanol–water partition coefficient (Wildman–Crippen LogP) is 2.31. The predicted molar refractivity (Wildman–Crippen MR) is 108 cm³/mol. The van der Waals surface area contributed by atoms with Crippen LogP contribution in [0.1, 0.15) is 16.9 Å². The van der Waals surface area contributed by atoms with Crippen LogP contribution < -0.4 is 10.6 Å². The van der Waals surface area contributed by atoms with Crippen molar-refractivity contribution in [1.29, 1.82) is 0 Å². The van der Waals surface area contributed by atoms with Crippen LogP contribution in [0, 0.1) is 0 Å². The highest BCUT2D eigenvalue weighted by Crippen LogP contribution is 2.35. The number of nitrogens with zero attached hydrogens (tertiary/aromatic N) is 3. The molecule has 0 bridgehead atoms. The van der Waals surface area contributed by atoms with E-state index in [-0.39, 0.29) is 24.8 Å². The standard InChI is InChI=1S/C16H23N5OS.2ClH/c1(5-21-6-8-22-9-7-21)3-18-15-14-12-2-4-17-10-13(12)23-16(14)20-11-19-15;;/h11,17H,1-10H2,(H,18,19,20);2*1H. The number of morpholine rings is 1. The lowest BCUT2D eigenvalue weighted by molar-refractivity contribution is 0.0378. The summed E-state index contributed by atoms with van der Waals surface area (Å²) < 4.78 is 5.39. The van der Waals surface area contributed by atoms with E-state index in [1.54, 1.807) is 17.7 Å². The summed E-state index contributed by atoms with van der Waals surface area (Å²) >= 11 is 1.80. The normalized spacial score (nSPS) is 17.4. The third-order valence-corrected chi connectivity index (χ3v) is 5.70. The van der Waals surface area contributed by atoms with E-state index in [1.165, 1.54) is 15.8 Å². The topological polar surface area (TPSA) is 62.3 Å². The van der Waals surface area contributed by atoms with E-state index in [4.69, 9.17) is 4.74 Å². The van der Waals surface area contributed by atoms with Crippen LogP contribution >= 0.6 is 36.2 Å². The minimum atomic E-state index is 0. The zero-order chi connectivity index (χ0) is 15.5. The molecule has 140 valence electrons. The van der Waals surface area contributed by atoms with Crippen molar-refractivity contribution < 1.29 is 4.74 Å². The van der Waals surface area contributed by atoms with Gasteiger partial charge in [-0.2, -0.15) is 0 Å². The van der Waals surface area contributed by atoms with Crippen LogP contribution in [0.15, 0.2) is 6.33 Å². The first-order valence-electron chi connectivity index (χ1n) is 8.42. The van der Waals surface area contributed by atoms with Crippen molar-refractivity contribution in [2.45, 2.75) is 19.4 Å². The monoisotopic (exact) mass is 405 g/mol. The molecular formula is C16H25Cl2N5OS. The van der Waals surface area contributed by atoms with Gasteiger partial charge in [0.2, 0.25) is 0 Å². The second-order valence-electron chi connectivity index (χ2n) is 6.07. The molecule has 0 atom stereocenters. The Labute approximate surface area is 164 Å². The summed E-state index contributed by atoms with van der Waals surface area (Å²) in [5, 5.41) is 8.23. The van der Waals surface area contributed by atoms with Crippen molar-refractivity contribution in [2.24, 2.45) is 0 Å². The number of thiophene rings is 1. The van der Waals surface area contributed by atoms with E-state index in [0.29, 0.717) is 0 Å². The van der Waals surface area contributed by atoms with E-state index in [9.17, 15) is 0 Å². The molecule has 2 aromatic rings. The quantitative estimate of drug-likeness (QED) is 0.744. The van der Waals surface area contributed by atoms with E-state index in [0.717, 1.165) is 76.0 Å². The largest absolute Gasteiger partial charge is 0.379 e. The molecule has 0 amide bonds. The number of ether oxygens (including phenoxy) is 1. The summed E-state index contributed by atoms with van der Waals surface area (Å²) in [7, 11) is 0. The first-order valence-corrected chi connectivity index (χ1v) is 9.23. The first kappa shape index (κ1) is 20.6. The van der Waals surface area contributed by atoms with Gasteiger partial charge in [-0.25, -0.2) is 9.97 Å². The molecule has 2 aromatic heterocycles. The molecule has 1 saturated heterocycles. The molecular weight excluding hydrogens is 381 g/mol. The third-order valence-electron chi connectivity index (χ3n) is 4.56. The molecule has 1 fully saturated rings. The molecule has 0 spiro atoms. The molecule has 2 N–H and O–H groups in total. The summed E-state index contributed by atoms with van der Waals surface area (Å²) in [6, 6.07) is 0. The van der Waals surface area contributed by atoms with Gasteiger partial charge in [0.15, 0.2) is 0 Å². The Bertz CT molecular complexity index is 678. The van der Waals surface area contributed by atoms with Crippen LogP contribution in [0.5, 0.6) is 0 Å². The number of rotatable bonds is 5. The third kappa shape index (κ3) is 4.72. The van der Waals surface area contributed by atoms with Crippen molar-refractivity contribution in [1.82, 2.24) is 20.2 Å². The van der Waals surface area contributed by atoms with Crippen LogP contribution in [-0.2, 0) is 17.7 Å². The van der Waals surface area contributed by atoms with Crippen molar-refractivity contribution >= 4 is 52.2 Å². The molecule has 0 unspecified atom stereocenters. The Kier molecular flexibility index (Phi) is 8.12. The van der Waals surface area contributed by atoms with E-state index < -0.39 is 0 Å². The number of hydrogen-bond acceptors (Lipinski definition) is 7. The second-order valence-corrected chi connectivity index (χ2v) is 7.15. The van der Waals surface area contributed by atoms with Gasteiger partial charge in [-0.3, -0.25) is 4.90 Å². The Morgan fingerprint density at radius 3 is 2.92 bits per heavy atom. The molecule has 25 heavy (non-hydrogen) atoms. The van der Waals surface area contributed by atoms with Gasteiger partial charge in [0.25, 0.3) is 0 Å². The van der Waals surface area contributed by atoms with Gasteiger partial charge < -0.3 is 15.4 Å². The van der Waals surface area contributed by atoms with Gasteiger partial charge in [0, 0.05) is 31.1 Å². The minimum Gasteiger partial charge on any atom is -0.379 e. The van der Waals surface area contributed by atoms with E-state index in [1.807, 2.05) is 0 Å². The zero-order valence-corrected chi connectivity index (χ0v) is 16.6. The van der Waals surface area contributed by atoms with E-state index >= 15 is 0 Å². The maximum Gasteiger partial charge on any atom is 0.138 e. The maximum absolute atomic E-state index is 5.39. The number of fused-ring (bicyclic) bond motifs is 3. The molecule has 0 radical (unpaired) electrons. The van der Waals surface area contributed by atoms with Gasteiger partial charge in [0.1, 0.15) is 17.0 Å². The molecule has 2 aliphatic heterocycles. The summed E-state index contributed by atoms with van der Waals surface area (Å²) in [6.45, 7) is 7.94. The van der Waals surface area contributed by atoms with Crippen molar-refractivity contribution in [3.63, 3.8) is 0 Å². The molecule has 9 heteroatoms. The molecule has 2 aliphatic rings. The molecule has 0 saturated carbocycles. The highest BCUT2D eigenvalue weighted by Gasteiger charge is 2.19. The van der Waals surface area contributed by atoms with Crippen molar-refractivity contribution in [2.75, 3.05) is 51.3 Å². The Morgan fingerprint density at radius 1 is 1.24 bits per heavy atom. The number of nitrogens with one attached hydrogen (secondary N) is 2. The van der Waals surface area contributed by atoms with Gasteiger partial charge in [0.05, 0.1) is 18.6 Å². The lowest BCUT2D eigenvalue weighted by atomic mass is 10.1. The van der Waals surface area contributed by atoms with Crippen molar-refractivity contribution in [3.8, 4) is 0 Å². The second kappa shape index (κ2) is 9.85. The van der Waals surface area contributed by atoms with E-state index in [2.05, 4.69) is 25.5 Å². The smallest absolute Gasteiger partial charge is 0.138 e. The minimum absolute atomic E-state index is 0. The number of aromatic nitrogens is 2. The van der Waals surface area contributed by atoms with Gasteiger partial charge in [-0.15, -0.1) is 36.2 Å². The molecule has 0 aliphatic carbocycles. The van der Waals surface area contributed by atoms with Crippen LogP contribution in [0.2, 0.25) is 0 Å². The fourth-order valence-electron chi connectivity index (χ4n) is 3.33. The summed E-state index contributed by atoms with van der Waals surface area (Å²) in [6.07, 6.45) is 3.88. The molecule has 4 rings (SSSR count). The average molecular weight is 406 g/mol. The highest BCUT2D eigenvalue weighted by atomic mass is 35.5. The Morgan fingerprint density at radius 2 is 2.08 bits per heavy atom. The van der Waals surface area contributed by atoms with Crippen LogP contribution in [0.25, 0.3) is 10.2 Å². The fraction of sp³-hybridized carbons (Fsp3) is 0.625. The van der Waals surface area contributed by atoms with Crippen molar-refractivity contribution in [3.05, 3.63) is 16.8 Å². The van der Waals surface area contributed by atoms with Crippen LogP contribution in [0.3, 0.4) is 0 Å². The average Bonchev–Trinajstić information content (AvgIpc) is 2.99. The van der Waals surface area contributed by atoms with Gasteiger partial charge in [-0.1, -0.05) is 0 Å². The molecule has 4 heterocycles. The Balaban J connectivity index is 0.00000113. The fourth-order valence-corrected chi connectivity index (χ4v) is 4.48. The first-order chi connectivity index (χ1) is 11.4. The highest BCUT2D eigenvalue weighted by molar-refractivity contribution is 7.18. The lowest BCUT2D eigenvalue weighted by Crippen LogP contribution is -2.37. The summed E-state index contributed by atoms with van der Waals surface area (Å²) in [5.74, 6) is 1.01. The maximum atomic E-state index is 5.39. The molecule has 6 nitrogen and oxygen atoms in total. The SMILES string of the molecule is Cl.Cl.c1nc(NCCCN2CCOCC2)c2c3c(sc2n1)CNCC3. The van der Waals surface area contributed by atoms with Gasteiger partial charge >= 0.3 is 0 Å². The molecule has 0 aromatic carbocycles. The number of anilines is 1. The zero-order valence-electron chi connectivity index (χ0n) is 14.1. The Hall–Kier alpha value is -0.700. The summed E-state index contributed by atoms with van der Waals surface area (Å²) in [4.78, 5) is 14.0. The van der Waals surface area contributed by atoms with Gasteiger partial charge in [-0.05, 0) is 31.5 Å². The summed E-state index contributed by atoms with van der Waals surface area (Å²) in [5.41, 5.74) is 1.44. The number of halogens is 2. The lowest BCUT2D eigenvalue weighted by Gasteiger charge is -2.26. The van der Waals surface area contributed by atoms with Crippen LogP contribution in [-0.4, -0.2) is 60.8 Å². The van der Waals surface area contributed by atoms with Crippen LogP contribution in [0.4, 0.5) is 5.82 Å².